The molecule has 0 saturated carbocycles. The Balaban J connectivity index is 1.66. The van der Waals surface area contributed by atoms with E-state index in [1.54, 1.807) is 6.92 Å². The van der Waals surface area contributed by atoms with E-state index >= 15 is 0 Å². The molecule has 2 aromatic rings. The molecule has 35 heavy (non-hydrogen) atoms. The SMILES string of the molecule is COC(C)C(NC(=O)OCC1c2ccccc2-c2ccccc21)C(=O)NC(CCC(C)C)C(=O)O. The molecule has 0 aromatic heterocycles. The van der Waals surface area contributed by atoms with Crippen LogP contribution in [0.5, 0.6) is 0 Å². The monoisotopic (exact) mass is 482 g/mol. The topological polar surface area (TPSA) is 114 Å². The van der Waals surface area contributed by atoms with Crippen LogP contribution in [0.4, 0.5) is 4.79 Å². The largest absolute Gasteiger partial charge is 0.480 e. The number of hydrogen-bond donors (Lipinski definition) is 3. The first-order chi connectivity index (χ1) is 16.7. The Kier molecular flexibility index (Phi) is 8.87. The van der Waals surface area contributed by atoms with Crippen LogP contribution in [0.15, 0.2) is 48.5 Å². The summed E-state index contributed by atoms with van der Waals surface area (Å²) >= 11 is 0. The molecule has 0 aliphatic heterocycles. The van der Waals surface area contributed by atoms with Crippen LogP contribution in [0.1, 0.15) is 50.7 Å². The molecule has 0 bridgehead atoms. The average Bonchev–Trinajstić information content (AvgIpc) is 3.16. The lowest BCUT2D eigenvalue weighted by molar-refractivity contribution is -0.143. The van der Waals surface area contributed by atoms with Crippen molar-refractivity contribution in [3.8, 4) is 11.1 Å². The van der Waals surface area contributed by atoms with Crippen LogP contribution in [0.25, 0.3) is 11.1 Å². The number of nitrogens with one attached hydrogen (secondary N) is 2. The zero-order valence-electron chi connectivity index (χ0n) is 20.6. The van der Waals surface area contributed by atoms with E-state index in [0.717, 1.165) is 22.3 Å². The maximum Gasteiger partial charge on any atom is 0.407 e. The van der Waals surface area contributed by atoms with Crippen molar-refractivity contribution in [3.63, 3.8) is 0 Å². The molecule has 0 spiro atoms. The van der Waals surface area contributed by atoms with Gasteiger partial charge in [0, 0.05) is 13.0 Å². The summed E-state index contributed by atoms with van der Waals surface area (Å²) in [6.07, 6.45) is -0.542. The van der Waals surface area contributed by atoms with Crippen molar-refractivity contribution in [1.82, 2.24) is 10.6 Å². The second kappa shape index (κ2) is 11.8. The molecule has 8 nitrogen and oxygen atoms in total. The molecule has 0 heterocycles. The molecule has 3 atom stereocenters. The number of rotatable bonds is 11. The number of hydrogen-bond acceptors (Lipinski definition) is 5. The van der Waals surface area contributed by atoms with Crippen molar-refractivity contribution in [2.24, 2.45) is 5.92 Å². The molecule has 0 radical (unpaired) electrons. The summed E-state index contributed by atoms with van der Waals surface area (Å²) in [6, 6.07) is 13.8. The van der Waals surface area contributed by atoms with Crippen LogP contribution in [0, 0.1) is 5.92 Å². The van der Waals surface area contributed by atoms with Gasteiger partial charge in [-0.1, -0.05) is 62.4 Å². The molecule has 1 aliphatic carbocycles. The summed E-state index contributed by atoms with van der Waals surface area (Å²) in [7, 11) is 1.41. The highest BCUT2D eigenvalue weighted by Crippen LogP contribution is 2.44. The lowest BCUT2D eigenvalue weighted by Gasteiger charge is -2.25. The number of benzene rings is 2. The van der Waals surface area contributed by atoms with E-state index in [0.29, 0.717) is 12.3 Å². The molecular weight excluding hydrogens is 448 g/mol. The highest BCUT2D eigenvalue weighted by Gasteiger charge is 2.33. The van der Waals surface area contributed by atoms with Gasteiger partial charge in [0.25, 0.3) is 0 Å². The molecule has 1 aliphatic rings. The van der Waals surface area contributed by atoms with E-state index in [1.807, 2.05) is 62.4 Å². The van der Waals surface area contributed by atoms with Crippen LogP contribution >= 0.6 is 0 Å². The van der Waals surface area contributed by atoms with Crippen molar-refractivity contribution in [2.45, 2.75) is 57.7 Å². The van der Waals surface area contributed by atoms with Crippen LogP contribution in [-0.2, 0) is 19.1 Å². The van der Waals surface area contributed by atoms with Gasteiger partial charge in [0.05, 0.1) is 6.10 Å². The van der Waals surface area contributed by atoms with Crippen molar-refractivity contribution >= 4 is 18.0 Å². The number of carboxylic acid groups (broad SMARTS) is 1. The van der Waals surface area contributed by atoms with Gasteiger partial charge in [-0.15, -0.1) is 0 Å². The molecule has 3 unspecified atom stereocenters. The number of aliphatic carboxylic acids is 1. The van der Waals surface area contributed by atoms with Gasteiger partial charge in [0.1, 0.15) is 18.7 Å². The second-order valence-corrected chi connectivity index (χ2v) is 9.26. The zero-order chi connectivity index (χ0) is 25.5. The Bertz CT molecular complexity index is 1010. The predicted octanol–water partition coefficient (Wildman–Crippen LogP) is 3.93. The Labute approximate surface area is 206 Å². The van der Waals surface area contributed by atoms with Crippen LogP contribution in [0.2, 0.25) is 0 Å². The number of fused-ring (bicyclic) bond motifs is 3. The zero-order valence-corrected chi connectivity index (χ0v) is 20.6. The maximum absolute atomic E-state index is 12.9. The molecule has 2 aromatic carbocycles. The minimum Gasteiger partial charge on any atom is -0.480 e. The van der Waals surface area contributed by atoms with Gasteiger partial charge in [-0.2, -0.15) is 0 Å². The van der Waals surface area contributed by atoms with Gasteiger partial charge in [0.15, 0.2) is 0 Å². The van der Waals surface area contributed by atoms with Gasteiger partial charge >= 0.3 is 12.1 Å². The predicted molar refractivity (Wildman–Crippen MR) is 132 cm³/mol. The lowest BCUT2D eigenvalue weighted by Crippen LogP contribution is -2.56. The Morgan fingerprint density at radius 2 is 1.49 bits per heavy atom. The highest BCUT2D eigenvalue weighted by molar-refractivity contribution is 5.89. The summed E-state index contributed by atoms with van der Waals surface area (Å²) in [6.45, 7) is 5.68. The smallest absolute Gasteiger partial charge is 0.407 e. The maximum atomic E-state index is 12.9. The van der Waals surface area contributed by atoms with Gasteiger partial charge in [0.2, 0.25) is 5.91 Å². The number of carbonyl (C=O) groups excluding carboxylic acids is 2. The third-order valence-corrected chi connectivity index (χ3v) is 6.39. The van der Waals surface area contributed by atoms with Crippen LogP contribution < -0.4 is 10.6 Å². The van der Waals surface area contributed by atoms with E-state index in [4.69, 9.17) is 9.47 Å². The highest BCUT2D eigenvalue weighted by atomic mass is 16.5. The standard InChI is InChI=1S/C27H34N2O6/c1-16(2)13-14-23(26(31)32)28-25(30)24(17(3)34-4)29-27(33)35-15-22-20-11-7-5-9-18(20)19-10-6-8-12-21(19)22/h5-12,16-17,22-24H,13-15H2,1-4H3,(H,28,30)(H,29,33)(H,31,32). The van der Waals surface area contributed by atoms with Crippen molar-refractivity contribution in [3.05, 3.63) is 59.7 Å². The lowest BCUT2D eigenvalue weighted by atomic mass is 9.98. The summed E-state index contributed by atoms with van der Waals surface area (Å²) in [5.41, 5.74) is 4.39. The summed E-state index contributed by atoms with van der Waals surface area (Å²) in [4.78, 5) is 37.2. The summed E-state index contributed by atoms with van der Waals surface area (Å²) in [5.74, 6) is -1.58. The normalized spacial score (nSPS) is 15.0. The molecule has 188 valence electrons. The Hall–Kier alpha value is -3.39. The van der Waals surface area contributed by atoms with E-state index in [2.05, 4.69) is 10.6 Å². The van der Waals surface area contributed by atoms with Crippen molar-refractivity contribution in [1.29, 1.82) is 0 Å². The van der Waals surface area contributed by atoms with Crippen molar-refractivity contribution in [2.75, 3.05) is 13.7 Å². The number of ether oxygens (including phenoxy) is 2. The van der Waals surface area contributed by atoms with E-state index in [9.17, 15) is 19.5 Å². The number of carbonyl (C=O) groups is 3. The third kappa shape index (κ3) is 6.39. The third-order valence-electron chi connectivity index (χ3n) is 6.39. The molecule has 3 rings (SSSR count). The number of amides is 2. The quantitative estimate of drug-likeness (QED) is 0.447. The first kappa shape index (κ1) is 26.2. The fourth-order valence-electron chi connectivity index (χ4n) is 4.32. The first-order valence-corrected chi connectivity index (χ1v) is 11.9. The Morgan fingerprint density at radius 3 is 2.00 bits per heavy atom. The molecule has 3 N–H and O–H groups in total. The van der Waals surface area contributed by atoms with Gasteiger partial charge in [-0.05, 0) is 47.9 Å². The molecule has 2 amide bonds. The fourth-order valence-corrected chi connectivity index (χ4v) is 4.32. The fraction of sp³-hybridized carbons (Fsp3) is 0.444. The summed E-state index contributed by atoms with van der Waals surface area (Å²) < 4.78 is 10.8. The van der Waals surface area contributed by atoms with E-state index < -0.39 is 36.2 Å². The number of carboxylic acids is 1. The first-order valence-electron chi connectivity index (χ1n) is 11.9. The minimum absolute atomic E-state index is 0.0989. The van der Waals surface area contributed by atoms with Gasteiger partial charge < -0.3 is 25.2 Å². The van der Waals surface area contributed by atoms with E-state index in [1.165, 1.54) is 7.11 Å². The van der Waals surface area contributed by atoms with Gasteiger partial charge in [-0.3, -0.25) is 4.79 Å². The molecule has 8 heteroatoms. The van der Waals surface area contributed by atoms with Crippen molar-refractivity contribution < 1.29 is 29.0 Å². The van der Waals surface area contributed by atoms with Gasteiger partial charge in [-0.25, -0.2) is 9.59 Å². The Morgan fingerprint density at radius 1 is 0.914 bits per heavy atom. The average molecular weight is 483 g/mol. The van der Waals surface area contributed by atoms with E-state index in [-0.39, 0.29) is 18.9 Å². The second-order valence-electron chi connectivity index (χ2n) is 9.26. The molecule has 0 fully saturated rings. The molecular formula is C27H34N2O6. The number of alkyl carbamates (subject to hydrolysis) is 1. The van der Waals surface area contributed by atoms with Crippen LogP contribution in [0.3, 0.4) is 0 Å². The number of methoxy groups -OCH3 is 1. The van der Waals surface area contributed by atoms with Crippen LogP contribution in [-0.4, -0.2) is 55.0 Å². The molecule has 0 saturated heterocycles. The minimum atomic E-state index is -1.12. The summed E-state index contributed by atoms with van der Waals surface area (Å²) in [5, 5.41) is 14.6.